The molecule has 2 aromatic rings. The number of rotatable bonds is 3. The van der Waals surface area contributed by atoms with E-state index in [9.17, 15) is 18.0 Å². The number of nitrogens with zero attached hydrogens (tertiary/aromatic N) is 2. The SMILES string of the molecule is CC(=O)NC[C@H]1CN(c2ccc(C(F)(F)F)cc2)c2cccnc2O1. The maximum Gasteiger partial charge on any atom is 0.416 e. The molecule has 1 aliphatic heterocycles. The number of hydrogen-bond donors (Lipinski definition) is 1. The number of alkyl halides is 3. The molecule has 5 nitrogen and oxygen atoms in total. The van der Waals surface area contributed by atoms with Gasteiger partial charge in [0.2, 0.25) is 11.8 Å². The zero-order valence-electron chi connectivity index (χ0n) is 13.4. The molecule has 1 aliphatic rings. The summed E-state index contributed by atoms with van der Waals surface area (Å²) in [5.41, 5.74) is 0.561. The topological polar surface area (TPSA) is 54.5 Å². The summed E-state index contributed by atoms with van der Waals surface area (Å²) in [6.07, 6.45) is -3.17. The molecule has 0 aliphatic carbocycles. The summed E-state index contributed by atoms with van der Waals surface area (Å²) in [4.78, 5) is 17.1. The summed E-state index contributed by atoms with van der Waals surface area (Å²) in [6.45, 7) is 2.06. The Morgan fingerprint density at radius 3 is 2.68 bits per heavy atom. The Balaban J connectivity index is 1.89. The molecule has 1 N–H and O–H groups in total. The van der Waals surface area contributed by atoms with Crippen LogP contribution in [0.5, 0.6) is 5.88 Å². The number of nitrogens with one attached hydrogen (secondary N) is 1. The maximum atomic E-state index is 12.8. The van der Waals surface area contributed by atoms with Crippen LogP contribution in [0.1, 0.15) is 12.5 Å². The van der Waals surface area contributed by atoms with Crippen LogP contribution in [0, 0.1) is 0 Å². The van der Waals surface area contributed by atoms with Gasteiger partial charge in [-0.3, -0.25) is 4.79 Å². The van der Waals surface area contributed by atoms with Crippen molar-refractivity contribution in [2.75, 3.05) is 18.0 Å². The highest BCUT2D eigenvalue weighted by Crippen LogP contribution is 2.37. The Kier molecular flexibility index (Phi) is 4.52. The van der Waals surface area contributed by atoms with E-state index in [1.54, 1.807) is 18.3 Å². The molecule has 0 fully saturated rings. The smallest absolute Gasteiger partial charge is 0.416 e. The van der Waals surface area contributed by atoms with Gasteiger partial charge < -0.3 is 15.0 Å². The molecule has 132 valence electrons. The molecule has 25 heavy (non-hydrogen) atoms. The first-order chi connectivity index (χ1) is 11.8. The molecular weight excluding hydrogens is 335 g/mol. The van der Waals surface area contributed by atoms with E-state index in [1.165, 1.54) is 19.1 Å². The number of fused-ring (bicyclic) bond motifs is 1. The lowest BCUT2D eigenvalue weighted by atomic mass is 10.1. The van der Waals surface area contributed by atoms with Crippen molar-refractivity contribution in [3.8, 4) is 5.88 Å². The molecule has 0 unspecified atom stereocenters. The van der Waals surface area contributed by atoms with Crippen molar-refractivity contribution >= 4 is 17.3 Å². The second-order valence-electron chi connectivity index (χ2n) is 5.66. The lowest BCUT2D eigenvalue weighted by Crippen LogP contribution is -2.44. The van der Waals surface area contributed by atoms with Gasteiger partial charge in [-0.15, -0.1) is 0 Å². The Labute approximate surface area is 142 Å². The molecule has 0 radical (unpaired) electrons. The lowest BCUT2D eigenvalue weighted by Gasteiger charge is -2.35. The number of benzene rings is 1. The average molecular weight is 351 g/mol. The predicted molar refractivity (Wildman–Crippen MR) is 85.8 cm³/mol. The minimum absolute atomic E-state index is 0.184. The Hall–Kier alpha value is -2.77. The molecule has 0 saturated heterocycles. The fourth-order valence-electron chi connectivity index (χ4n) is 2.61. The van der Waals surface area contributed by atoms with Crippen LogP contribution in [0.4, 0.5) is 24.5 Å². The summed E-state index contributed by atoms with van der Waals surface area (Å²) in [5.74, 6) is 0.195. The Bertz CT molecular complexity index is 762. The van der Waals surface area contributed by atoms with E-state index in [-0.39, 0.29) is 18.6 Å². The molecule has 1 aromatic carbocycles. The largest absolute Gasteiger partial charge is 0.469 e. The highest BCUT2D eigenvalue weighted by Gasteiger charge is 2.31. The molecule has 2 heterocycles. The van der Waals surface area contributed by atoms with Gasteiger partial charge >= 0.3 is 6.18 Å². The number of anilines is 2. The average Bonchev–Trinajstić information content (AvgIpc) is 2.58. The van der Waals surface area contributed by atoms with Crippen LogP contribution in [-0.4, -0.2) is 30.1 Å². The highest BCUT2D eigenvalue weighted by atomic mass is 19.4. The number of amides is 1. The van der Waals surface area contributed by atoms with Gasteiger partial charge in [-0.25, -0.2) is 4.98 Å². The lowest BCUT2D eigenvalue weighted by molar-refractivity contribution is -0.137. The second kappa shape index (κ2) is 6.62. The van der Waals surface area contributed by atoms with Crippen LogP contribution in [0.3, 0.4) is 0 Å². The quantitative estimate of drug-likeness (QED) is 0.923. The molecule has 1 amide bonds. The Morgan fingerprint density at radius 2 is 2.04 bits per heavy atom. The summed E-state index contributed by atoms with van der Waals surface area (Å²) >= 11 is 0. The number of ether oxygens (including phenoxy) is 1. The number of carbonyl (C=O) groups excluding carboxylic acids is 1. The molecule has 1 aromatic heterocycles. The van der Waals surface area contributed by atoms with E-state index >= 15 is 0 Å². The van der Waals surface area contributed by atoms with Crippen molar-refractivity contribution in [2.24, 2.45) is 0 Å². The molecule has 3 rings (SSSR count). The van der Waals surface area contributed by atoms with Gasteiger partial charge in [0.15, 0.2) is 0 Å². The van der Waals surface area contributed by atoms with E-state index < -0.39 is 11.7 Å². The van der Waals surface area contributed by atoms with Crippen molar-refractivity contribution in [3.63, 3.8) is 0 Å². The van der Waals surface area contributed by atoms with Crippen molar-refractivity contribution in [2.45, 2.75) is 19.2 Å². The first-order valence-corrected chi connectivity index (χ1v) is 7.65. The minimum atomic E-state index is -4.38. The number of halogens is 3. The maximum absolute atomic E-state index is 12.8. The molecule has 0 bridgehead atoms. The first kappa shape index (κ1) is 17.1. The van der Waals surface area contributed by atoms with E-state index in [1.807, 2.05) is 4.90 Å². The molecule has 1 atom stereocenters. The summed E-state index contributed by atoms with van der Waals surface area (Å²) in [7, 11) is 0. The van der Waals surface area contributed by atoms with Crippen molar-refractivity contribution in [1.29, 1.82) is 0 Å². The zero-order chi connectivity index (χ0) is 18.0. The van der Waals surface area contributed by atoms with Crippen LogP contribution in [0.15, 0.2) is 42.6 Å². The van der Waals surface area contributed by atoms with Crippen LogP contribution in [0.2, 0.25) is 0 Å². The standard InChI is InChI=1S/C17H16F3N3O2/c1-11(24)22-9-14-10-23(15-3-2-8-21-16(15)25-14)13-6-4-12(5-7-13)17(18,19)20/h2-8,14H,9-10H2,1H3,(H,22,24)/t14-/m0/s1. The number of aromatic nitrogens is 1. The number of pyridine rings is 1. The third-order valence-electron chi connectivity index (χ3n) is 3.79. The van der Waals surface area contributed by atoms with E-state index in [2.05, 4.69) is 10.3 Å². The van der Waals surface area contributed by atoms with Gasteiger partial charge in [0.25, 0.3) is 0 Å². The third kappa shape index (κ3) is 3.84. The first-order valence-electron chi connectivity index (χ1n) is 7.65. The van der Waals surface area contributed by atoms with Gasteiger partial charge in [0.1, 0.15) is 11.8 Å². The fourth-order valence-corrected chi connectivity index (χ4v) is 2.61. The van der Waals surface area contributed by atoms with Gasteiger partial charge in [0.05, 0.1) is 18.7 Å². The van der Waals surface area contributed by atoms with Crippen molar-refractivity contribution in [1.82, 2.24) is 10.3 Å². The molecule has 8 heteroatoms. The normalized spacial score (nSPS) is 16.8. The van der Waals surface area contributed by atoms with E-state index in [4.69, 9.17) is 4.74 Å². The zero-order valence-corrected chi connectivity index (χ0v) is 13.4. The van der Waals surface area contributed by atoms with Gasteiger partial charge in [-0.2, -0.15) is 13.2 Å². The third-order valence-corrected chi connectivity index (χ3v) is 3.79. The van der Waals surface area contributed by atoms with Gasteiger partial charge in [-0.1, -0.05) is 0 Å². The van der Waals surface area contributed by atoms with E-state index in [0.717, 1.165) is 12.1 Å². The molecule has 0 saturated carbocycles. The monoisotopic (exact) mass is 351 g/mol. The highest BCUT2D eigenvalue weighted by molar-refractivity contribution is 5.73. The summed E-state index contributed by atoms with van der Waals surface area (Å²) in [6, 6.07) is 8.44. The summed E-state index contributed by atoms with van der Waals surface area (Å²) in [5, 5.41) is 2.68. The minimum Gasteiger partial charge on any atom is -0.469 e. The molecule has 0 spiro atoms. The van der Waals surface area contributed by atoms with Gasteiger partial charge in [0, 0.05) is 18.8 Å². The number of carbonyl (C=O) groups is 1. The predicted octanol–water partition coefficient (Wildman–Crippen LogP) is 3.14. The van der Waals surface area contributed by atoms with Crippen LogP contribution in [0.25, 0.3) is 0 Å². The Morgan fingerprint density at radius 1 is 1.32 bits per heavy atom. The van der Waals surface area contributed by atoms with E-state index in [0.29, 0.717) is 23.8 Å². The van der Waals surface area contributed by atoms with Crippen LogP contribution in [-0.2, 0) is 11.0 Å². The molecular formula is C17H16F3N3O2. The van der Waals surface area contributed by atoms with Crippen LogP contribution < -0.4 is 15.0 Å². The van der Waals surface area contributed by atoms with Crippen LogP contribution >= 0.6 is 0 Å². The number of hydrogen-bond acceptors (Lipinski definition) is 4. The van der Waals surface area contributed by atoms with Gasteiger partial charge in [-0.05, 0) is 36.4 Å². The second-order valence-corrected chi connectivity index (χ2v) is 5.66. The fraction of sp³-hybridized carbons (Fsp3) is 0.294. The van der Waals surface area contributed by atoms with Crippen molar-refractivity contribution < 1.29 is 22.7 Å². The summed E-state index contributed by atoms with van der Waals surface area (Å²) < 4.78 is 44.0. The van der Waals surface area contributed by atoms with Crippen molar-refractivity contribution in [3.05, 3.63) is 48.2 Å².